The first kappa shape index (κ1) is 33.3. The molecule has 4 rings (SSSR count). The summed E-state index contributed by atoms with van der Waals surface area (Å²) in [5, 5.41) is 3.91. The van der Waals surface area contributed by atoms with E-state index < -0.39 is 5.97 Å². The average molecular weight is 614 g/mol. The number of esters is 2. The van der Waals surface area contributed by atoms with Crippen LogP contribution in [0.4, 0.5) is 0 Å². The standard InChI is InChI=1S/C37H43NO7/c1-38(21-11-13-22-44-34(39)19-18-27-24-32(41-2)36(43-4)33(25-27)42-3)20-10-5-12-23-45-37(40)35-30-16-8-6-14-28(30)26-29-15-7-9-17-31(29)35/h6-9,14-19,24-26H,5,10-13,20-23H2,1-4H3/b19-18+. The maximum Gasteiger partial charge on any atom is 0.339 e. The van der Waals surface area contributed by atoms with Crippen molar-refractivity contribution >= 4 is 39.6 Å². The summed E-state index contributed by atoms with van der Waals surface area (Å²) in [7, 11) is 6.73. The lowest BCUT2D eigenvalue weighted by Gasteiger charge is -2.16. The fourth-order valence-corrected chi connectivity index (χ4v) is 5.31. The number of hydrogen-bond acceptors (Lipinski definition) is 8. The van der Waals surface area contributed by atoms with Crippen LogP contribution in [0.5, 0.6) is 17.2 Å². The van der Waals surface area contributed by atoms with Gasteiger partial charge in [-0.25, -0.2) is 9.59 Å². The predicted molar refractivity (Wildman–Crippen MR) is 178 cm³/mol. The largest absolute Gasteiger partial charge is 0.493 e. The molecule has 0 amide bonds. The van der Waals surface area contributed by atoms with Crippen LogP contribution in [0, 0.1) is 0 Å². The van der Waals surface area contributed by atoms with Crippen LogP contribution in [0.1, 0.15) is 48.0 Å². The Labute approximate surface area is 265 Å². The lowest BCUT2D eigenvalue weighted by molar-refractivity contribution is -0.137. The van der Waals surface area contributed by atoms with Crippen molar-refractivity contribution in [3.63, 3.8) is 0 Å². The van der Waals surface area contributed by atoms with Crippen molar-refractivity contribution < 1.29 is 33.3 Å². The van der Waals surface area contributed by atoms with Crippen LogP contribution in [0.2, 0.25) is 0 Å². The van der Waals surface area contributed by atoms with E-state index in [4.69, 9.17) is 23.7 Å². The summed E-state index contributed by atoms with van der Waals surface area (Å²) >= 11 is 0. The second-order valence-corrected chi connectivity index (χ2v) is 10.9. The lowest BCUT2D eigenvalue weighted by atomic mass is 9.97. The van der Waals surface area contributed by atoms with Gasteiger partial charge >= 0.3 is 11.9 Å². The number of ether oxygens (including phenoxy) is 5. The molecule has 0 heterocycles. The highest BCUT2D eigenvalue weighted by molar-refractivity contribution is 6.16. The highest BCUT2D eigenvalue weighted by Crippen LogP contribution is 2.38. The minimum Gasteiger partial charge on any atom is -0.493 e. The topological polar surface area (TPSA) is 83.5 Å². The lowest BCUT2D eigenvalue weighted by Crippen LogP contribution is -2.21. The second kappa shape index (κ2) is 17.1. The maximum absolute atomic E-state index is 13.1. The van der Waals surface area contributed by atoms with E-state index in [9.17, 15) is 9.59 Å². The van der Waals surface area contributed by atoms with Gasteiger partial charge in [-0.15, -0.1) is 0 Å². The highest BCUT2D eigenvalue weighted by atomic mass is 16.5. The van der Waals surface area contributed by atoms with Gasteiger partial charge in [-0.05, 0) is 104 Å². The van der Waals surface area contributed by atoms with Crippen molar-refractivity contribution in [1.29, 1.82) is 0 Å². The van der Waals surface area contributed by atoms with E-state index in [0.717, 1.165) is 72.3 Å². The minimum absolute atomic E-state index is 0.266. The molecular weight excluding hydrogens is 570 g/mol. The fourth-order valence-electron chi connectivity index (χ4n) is 5.31. The van der Waals surface area contributed by atoms with E-state index in [1.807, 2.05) is 48.5 Å². The first-order chi connectivity index (χ1) is 21.9. The molecular formula is C37H43NO7. The van der Waals surface area contributed by atoms with Crippen molar-refractivity contribution in [3.05, 3.63) is 83.9 Å². The van der Waals surface area contributed by atoms with E-state index in [0.29, 0.717) is 36.0 Å². The molecule has 0 aliphatic carbocycles. The smallest absolute Gasteiger partial charge is 0.339 e. The van der Waals surface area contributed by atoms with Crippen LogP contribution in [0.15, 0.2) is 72.8 Å². The number of carbonyl (C=O) groups excluding carboxylic acids is 2. The van der Waals surface area contributed by atoms with Crippen molar-refractivity contribution in [3.8, 4) is 17.2 Å². The highest BCUT2D eigenvalue weighted by Gasteiger charge is 2.16. The molecule has 0 saturated carbocycles. The van der Waals surface area contributed by atoms with Gasteiger partial charge in [0.1, 0.15) is 0 Å². The molecule has 0 saturated heterocycles. The Kier molecular flexibility index (Phi) is 12.6. The van der Waals surface area contributed by atoms with Crippen LogP contribution in [-0.4, -0.2) is 71.5 Å². The van der Waals surface area contributed by atoms with E-state index in [2.05, 4.69) is 18.0 Å². The number of carbonyl (C=O) groups is 2. The van der Waals surface area contributed by atoms with Crippen LogP contribution in [-0.2, 0) is 14.3 Å². The van der Waals surface area contributed by atoms with E-state index in [1.54, 1.807) is 39.5 Å². The van der Waals surface area contributed by atoms with Gasteiger partial charge in [0.05, 0.1) is 40.1 Å². The average Bonchev–Trinajstić information content (AvgIpc) is 3.06. The van der Waals surface area contributed by atoms with E-state index >= 15 is 0 Å². The van der Waals surface area contributed by atoms with E-state index in [1.165, 1.54) is 6.08 Å². The first-order valence-corrected chi connectivity index (χ1v) is 15.4. The number of rotatable bonds is 17. The van der Waals surface area contributed by atoms with Gasteiger partial charge in [-0.3, -0.25) is 0 Å². The third-order valence-corrected chi connectivity index (χ3v) is 7.67. The molecule has 0 fully saturated rings. The number of unbranched alkanes of at least 4 members (excludes halogenated alkanes) is 3. The normalized spacial score (nSPS) is 11.3. The number of methoxy groups -OCH3 is 3. The Morgan fingerprint density at radius 2 is 1.24 bits per heavy atom. The molecule has 0 radical (unpaired) electrons. The van der Waals surface area contributed by atoms with E-state index in [-0.39, 0.29) is 5.97 Å². The zero-order valence-corrected chi connectivity index (χ0v) is 26.7. The van der Waals surface area contributed by atoms with Gasteiger partial charge in [-0.2, -0.15) is 0 Å². The zero-order chi connectivity index (χ0) is 32.0. The van der Waals surface area contributed by atoms with Gasteiger partial charge < -0.3 is 28.6 Å². The third kappa shape index (κ3) is 9.22. The molecule has 0 N–H and O–H groups in total. The quantitative estimate of drug-likeness (QED) is 0.0531. The van der Waals surface area contributed by atoms with Crippen LogP contribution >= 0.6 is 0 Å². The molecule has 4 aromatic carbocycles. The van der Waals surface area contributed by atoms with Gasteiger partial charge in [0.15, 0.2) is 11.5 Å². The molecule has 0 aliphatic rings. The number of fused-ring (bicyclic) bond motifs is 2. The fraction of sp³-hybridized carbons (Fsp3) is 0.351. The Hall–Kier alpha value is -4.56. The predicted octanol–water partition coefficient (Wildman–Crippen LogP) is 7.31. The monoisotopic (exact) mass is 613 g/mol. The van der Waals surface area contributed by atoms with Gasteiger partial charge in [0.25, 0.3) is 0 Å². The Morgan fingerprint density at radius 3 is 1.84 bits per heavy atom. The summed E-state index contributed by atoms with van der Waals surface area (Å²) in [6, 6.07) is 21.5. The third-order valence-electron chi connectivity index (χ3n) is 7.67. The summed E-state index contributed by atoms with van der Waals surface area (Å²) in [5.41, 5.74) is 1.38. The molecule has 0 unspecified atom stereocenters. The first-order valence-electron chi connectivity index (χ1n) is 15.4. The van der Waals surface area contributed by atoms with Crippen molar-refractivity contribution in [2.45, 2.75) is 32.1 Å². The summed E-state index contributed by atoms with van der Waals surface area (Å²) in [5.74, 6) is 0.868. The van der Waals surface area contributed by atoms with Gasteiger partial charge in [0, 0.05) is 6.08 Å². The Morgan fingerprint density at radius 1 is 0.689 bits per heavy atom. The molecule has 0 atom stereocenters. The summed E-state index contributed by atoms with van der Waals surface area (Å²) < 4.78 is 27.1. The summed E-state index contributed by atoms with van der Waals surface area (Å²) in [4.78, 5) is 27.6. The number of hydrogen-bond donors (Lipinski definition) is 0. The SMILES string of the molecule is COc1cc(/C=C/C(=O)OCCCCN(C)CCCCCOC(=O)c2c3ccccc3cc3ccccc23)cc(OC)c1OC. The zero-order valence-electron chi connectivity index (χ0n) is 26.7. The number of nitrogens with zero attached hydrogens (tertiary/aromatic N) is 1. The van der Waals surface area contributed by atoms with Gasteiger partial charge in [-0.1, -0.05) is 48.5 Å². The molecule has 238 valence electrons. The van der Waals surface area contributed by atoms with Crippen molar-refractivity contribution in [1.82, 2.24) is 4.90 Å². The molecule has 45 heavy (non-hydrogen) atoms. The van der Waals surface area contributed by atoms with Crippen LogP contribution in [0.3, 0.4) is 0 Å². The molecule has 4 aromatic rings. The second-order valence-electron chi connectivity index (χ2n) is 10.9. The minimum atomic E-state index is -0.397. The molecule has 0 aromatic heterocycles. The molecule has 8 nitrogen and oxygen atoms in total. The molecule has 0 aliphatic heterocycles. The summed E-state index contributed by atoms with van der Waals surface area (Å²) in [6.07, 6.45) is 7.59. The molecule has 8 heteroatoms. The van der Waals surface area contributed by atoms with Crippen LogP contribution in [0.25, 0.3) is 27.6 Å². The van der Waals surface area contributed by atoms with Crippen LogP contribution < -0.4 is 14.2 Å². The molecule has 0 spiro atoms. The van der Waals surface area contributed by atoms with Gasteiger partial charge in [0.2, 0.25) is 5.75 Å². The Bertz CT molecular complexity index is 1530. The molecule has 0 bridgehead atoms. The van der Waals surface area contributed by atoms with Crippen molar-refractivity contribution in [2.24, 2.45) is 0 Å². The Balaban J connectivity index is 1.09. The van der Waals surface area contributed by atoms with Crippen molar-refractivity contribution in [2.75, 3.05) is 54.7 Å². The maximum atomic E-state index is 13.1. The number of benzene rings is 4. The summed E-state index contributed by atoms with van der Waals surface area (Å²) in [6.45, 7) is 2.64.